The van der Waals surface area contributed by atoms with E-state index in [4.69, 9.17) is 9.15 Å². The van der Waals surface area contributed by atoms with Crippen LogP contribution in [0.2, 0.25) is 0 Å². The van der Waals surface area contributed by atoms with Crippen molar-refractivity contribution >= 4 is 17.7 Å². The van der Waals surface area contributed by atoms with Gasteiger partial charge in [0.25, 0.3) is 0 Å². The number of hydrogen-bond acceptors (Lipinski definition) is 5. The van der Waals surface area contributed by atoms with Gasteiger partial charge in [-0.15, -0.1) is 5.10 Å². The third-order valence-corrected chi connectivity index (χ3v) is 3.85. The van der Waals surface area contributed by atoms with Crippen molar-refractivity contribution in [3.8, 4) is 5.75 Å². The lowest BCUT2D eigenvalue weighted by molar-refractivity contribution is 0.261. The number of benzene rings is 2. The minimum Gasteiger partial charge on any atom is -0.497 e. The van der Waals surface area contributed by atoms with Gasteiger partial charge in [0.1, 0.15) is 5.75 Å². The van der Waals surface area contributed by atoms with Crippen LogP contribution in [0.4, 0.5) is 16.5 Å². The first-order valence-electron chi connectivity index (χ1n) is 8.14. The zero-order valence-electron chi connectivity index (χ0n) is 14.9. The van der Waals surface area contributed by atoms with Gasteiger partial charge in [-0.2, -0.15) is 0 Å². The van der Waals surface area contributed by atoms with Gasteiger partial charge in [0, 0.05) is 11.8 Å². The first-order valence-corrected chi connectivity index (χ1v) is 8.14. The summed E-state index contributed by atoms with van der Waals surface area (Å²) < 4.78 is 10.6. The Bertz CT molecular complexity index is 921. The molecule has 0 aliphatic carbocycles. The number of carbonyl (C=O) groups excluding carboxylic acids is 1. The van der Waals surface area contributed by atoms with Crippen LogP contribution in [0.15, 0.2) is 46.9 Å². The average molecular weight is 352 g/mol. The van der Waals surface area contributed by atoms with E-state index in [0.717, 1.165) is 11.1 Å². The molecule has 1 heterocycles. The maximum atomic E-state index is 12.0. The molecule has 26 heavy (non-hydrogen) atoms. The number of methoxy groups -OCH3 is 1. The van der Waals surface area contributed by atoms with Crippen LogP contribution in [-0.2, 0) is 6.42 Å². The van der Waals surface area contributed by atoms with E-state index in [9.17, 15) is 4.79 Å². The summed E-state index contributed by atoms with van der Waals surface area (Å²) in [6, 6.07) is 12.8. The number of urea groups is 1. The summed E-state index contributed by atoms with van der Waals surface area (Å²) in [4.78, 5) is 12.0. The Balaban J connectivity index is 1.61. The summed E-state index contributed by atoms with van der Waals surface area (Å²) >= 11 is 0. The maximum absolute atomic E-state index is 12.0. The minimum atomic E-state index is -0.472. The maximum Gasteiger partial charge on any atom is 0.327 e. The summed E-state index contributed by atoms with van der Waals surface area (Å²) in [5.41, 5.74) is 4.06. The van der Waals surface area contributed by atoms with Gasteiger partial charge in [0.05, 0.1) is 13.5 Å². The molecule has 7 heteroatoms. The van der Waals surface area contributed by atoms with E-state index >= 15 is 0 Å². The van der Waals surface area contributed by atoms with Crippen LogP contribution in [0.1, 0.15) is 22.6 Å². The Morgan fingerprint density at radius 3 is 2.73 bits per heavy atom. The highest BCUT2D eigenvalue weighted by molar-refractivity contribution is 5.98. The molecule has 2 amide bonds. The molecule has 1 aromatic heterocycles. The predicted molar refractivity (Wildman–Crippen MR) is 98.7 cm³/mol. The first kappa shape index (κ1) is 17.5. The highest BCUT2D eigenvalue weighted by atomic mass is 16.5. The number of aromatic nitrogens is 2. The summed E-state index contributed by atoms with van der Waals surface area (Å²) in [5.74, 6) is 1.09. The van der Waals surface area contributed by atoms with Crippen molar-refractivity contribution in [3.63, 3.8) is 0 Å². The van der Waals surface area contributed by atoms with E-state index in [2.05, 4.69) is 26.9 Å². The van der Waals surface area contributed by atoms with E-state index < -0.39 is 6.03 Å². The quantitative estimate of drug-likeness (QED) is 0.726. The van der Waals surface area contributed by atoms with Crippen LogP contribution >= 0.6 is 0 Å². The molecule has 7 nitrogen and oxygen atoms in total. The van der Waals surface area contributed by atoms with Crippen molar-refractivity contribution in [1.82, 2.24) is 10.2 Å². The number of anilines is 2. The van der Waals surface area contributed by atoms with Gasteiger partial charge in [-0.1, -0.05) is 34.9 Å². The van der Waals surface area contributed by atoms with Crippen molar-refractivity contribution in [2.24, 2.45) is 0 Å². The Labute approximate surface area is 151 Å². The fourth-order valence-electron chi connectivity index (χ4n) is 2.54. The monoisotopic (exact) mass is 352 g/mol. The summed E-state index contributed by atoms with van der Waals surface area (Å²) in [7, 11) is 1.56. The third-order valence-electron chi connectivity index (χ3n) is 3.85. The van der Waals surface area contributed by atoms with E-state index in [-0.39, 0.29) is 6.01 Å². The van der Waals surface area contributed by atoms with Crippen LogP contribution in [0.5, 0.6) is 5.75 Å². The number of amides is 2. The molecule has 0 saturated carbocycles. The molecule has 134 valence electrons. The van der Waals surface area contributed by atoms with Crippen LogP contribution in [0.25, 0.3) is 0 Å². The topological polar surface area (TPSA) is 89.3 Å². The molecule has 0 atom stereocenters. The Morgan fingerprint density at radius 1 is 1.12 bits per heavy atom. The van der Waals surface area contributed by atoms with Gasteiger partial charge < -0.3 is 14.5 Å². The lowest BCUT2D eigenvalue weighted by Gasteiger charge is -2.06. The van der Waals surface area contributed by atoms with Crippen molar-refractivity contribution in [3.05, 3.63) is 65.0 Å². The zero-order chi connectivity index (χ0) is 18.5. The molecule has 0 radical (unpaired) electrons. The second kappa shape index (κ2) is 7.69. The van der Waals surface area contributed by atoms with Crippen molar-refractivity contribution < 1.29 is 13.9 Å². The fourth-order valence-corrected chi connectivity index (χ4v) is 2.54. The molecule has 3 rings (SSSR count). The lowest BCUT2D eigenvalue weighted by atomic mass is 10.0. The molecule has 0 aliphatic rings. The SMILES string of the molecule is COc1cccc(NC(=O)Nc2nnc(Cc3ccc(C)cc3C)o2)c1. The van der Waals surface area contributed by atoms with E-state index in [1.807, 2.05) is 26.0 Å². The standard InChI is InChI=1S/C19H20N4O3/c1-12-7-8-14(13(2)9-12)10-17-22-23-19(26-17)21-18(24)20-15-5-4-6-16(11-15)25-3/h4-9,11H,10H2,1-3H3,(H2,20,21,23,24). The third kappa shape index (κ3) is 4.38. The second-order valence-electron chi connectivity index (χ2n) is 5.92. The first-order chi connectivity index (χ1) is 12.5. The average Bonchev–Trinajstić information content (AvgIpc) is 3.04. The molecule has 0 bridgehead atoms. The van der Waals surface area contributed by atoms with Crippen LogP contribution in [-0.4, -0.2) is 23.3 Å². The van der Waals surface area contributed by atoms with Gasteiger partial charge in [-0.25, -0.2) is 4.79 Å². The summed E-state index contributed by atoms with van der Waals surface area (Å²) in [5, 5.41) is 13.1. The Hall–Kier alpha value is -3.35. The number of aryl methyl sites for hydroxylation is 2. The molecule has 0 spiro atoms. The number of rotatable bonds is 5. The van der Waals surface area contributed by atoms with E-state index in [1.165, 1.54) is 5.56 Å². The molecule has 3 aromatic rings. The lowest BCUT2D eigenvalue weighted by Crippen LogP contribution is -2.19. The molecular formula is C19H20N4O3. The number of ether oxygens (including phenoxy) is 1. The van der Waals surface area contributed by atoms with Gasteiger partial charge in [0.15, 0.2) is 0 Å². The molecule has 2 aromatic carbocycles. The molecular weight excluding hydrogens is 332 g/mol. The molecule has 2 N–H and O–H groups in total. The van der Waals surface area contributed by atoms with Crippen LogP contribution in [0, 0.1) is 13.8 Å². The molecule has 0 fully saturated rings. The Morgan fingerprint density at radius 2 is 1.96 bits per heavy atom. The number of carbonyl (C=O) groups is 1. The van der Waals surface area contributed by atoms with Gasteiger partial charge in [-0.05, 0) is 37.1 Å². The van der Waals surface area contributed by atoms with Crippen molar-refractivity contribution in [2.75, 3.05) is 17.7 Å². The summed E-state index contributed by atoms with van der Waals surface area (Å²) in [6.45, 7) is 4.09. The molecule has 0 saturated heterocycles. The van der Waals surface area contributed by atoms with E-state index in [1.54, 1.807) is 31.4 Å². The highest BCUT2D eigenvalue weighted by Crippen LogP contribution is 2.18. The highest BCUT2D eigenvalue weighted by Gasteiger charge is 2.11. The van der Waals surface area contributed by atoms with Gasteiger partial charge in [-0.3, -0.25) is 5.32 Å². The normalized spacial score (nSPS) is 10.4. The van der Waals surface area contributed by atoms with Crippen molar-refractivity contribution in [1.29, 1.82) is 0 Å². The molecule has 0 unspecified atom stereocenters. The fraction of sp³-hybridized carbons (Fsp3) is 0.211. The van der Waals surface area contributed by atoms with Crippen molar-refractivity contribution in [2.45, 2.75) is 20.3 Å². The Kier molecular flexibility index (Phi) is 5.17. The second-order valence-corrected chi connectivity index (χ2v) is 5.92. The van der Waals surface area contributed by atoms with E-state index in [0.29, 0.717) is 23.7 Å². The van der Waals surface area contributed by atoms with Crippen LogP contribution < -0.4 is 15.4 Å². The van der Waals surface area contributed by atoms with Crippen LogP contribution in [0.3, 0.4) is 0 Å². The number of nitrogens with one attached hydrogen (secondary N) is 2. The summed E-state index contributed by atoms with van der Waals surface area (Å²) in [6.07, 6.45) is 0.512. The predicted octanol–water partition coefficient (Wildman–Crippen LogP) is 3.93. The van der Waals surface area contributed by atoms with Gasteiger partial charge >= 0.3 is 12.0 Å². The number of hydrogen-bond donors (Lipinski definition) is 2. The minimum absolute atomic E-state index is 0.0464. The molecule has 0 aliphatic heterocycles. The largest absolute Gasteiger partial charge is 0.497 e. The van der Waals surface area contributed by atoms with Gasteiger partial charge in [0.2, 0.25) is 5.89 Å². The number of nitrogens with zero attached hydrogens (tertiary/aromatic N) is 2. The zero-order valence-corrected chi connectivity index (χ0v) is 14.9. The smallest absolute Gasteiger partial charge is 0.327 e.